The molecular weight excluding hydrogens is 445 g/mol. The van der Waals surface area contributed by atoms with Crippen molar-refractivity contribution in [1.29, 1.82) is 0 Å². The summed E-state index contributed by atoms with van der Waals surface area (Å²) in [6.07, 6.45) is -0.383. The number of aliphatic hydroxyl groups excluding tert-OH is 1. The lowest BCUT2D eigenvalue weighted by molar-refractivity contribution is -0.138. The van der Waals surface area contributed by atoms with E-state index in [1.165, 1.54) is 0 Å². The number of hydrogen-bond acceptors (Lipinski definition) is 6. The van der Waals surface area contributed by atoms with E-state index in [0.29, 0.717) is 25.8 Å². The van der Waals surface area contributed by atoms with Gasteiger partial charge in [0, 0.05) is 12.7 Å². The highest BCUT2D eigenvalue weighted by Crippen LogP contribution is 2.41. The number of nitrogens with zero attached hydrogens (tertiary/aromatic N) is 5. The third-order valence-electron chi connectivity index (χ3n) is 6.60. The molecule has 2 N–H and O–H groups in total. The van der Waals surface area contributed by atoms with E-state index in [0.717, 1.165) is 23.1 Å². The topological polar surface area (TPSA) is 88.8 Å². The first kappa shape index (κ1) is 24.1. The third-order valence-corrected chi connectivity index (χ3v) is 6.60. The molecule has 1 saturated carbocycles. The molecule has 0 saturated heterocycles. The molecule has 0 unspecified atom stereocenters. The number of halogens is 3. The second-order valence-electron chi connectivity index (χ2n) is 9.68. The number of rotatable bonds is 6. The van der Waals surface area contributed by atoms with Gasteiger partial charge in [0.15, 0.2) is 0 Å². The Labute approximate surface area is 196 Å². The van der Waals surface area contributed by atoms with Crippen molar-refractivity contribution in [3.63, 3.8) is 0 Å². The van der Waals surface area contributed by atoms with Crippen molar-refractivity contribution >= 4 is 5.95 Å². The van der Waals surface area contributed by atoms with Gasteiger partial charge in [-0.2, -0.15) is 13.2 Å². The maximum Gasteiger partial charge on any atom is 0.419 e. The van der Waals surface area contributed by atoms with Crippen molar-refractivity contribution < 1.29 is 18.3 Å². The van der Waals surface area contributed by atoms with Gasteiger partial charge in [-0.1, -0.05) is 37.3 Å². The maximum absolute atomic E-state index is 13.7. The number of aromatic nitrogens is 5. The summed E-state index contributed by atoms with van der Waals surface area (Å²) < 4.78 is 42.8. The van der Waals surface area contributed by atoms with Crippen LogP contribution in [0.5, 0.6) is 0 Å². The summed E-state index contributed by atoms with van der Waals surface area (Å²) in [6.45, 7) is 6.11. The predicted molar refractivity (Wildman–Crippen MR) is 121 cm³/mol. The molecule has 182 valence electrons. The lowest BCUT2D eigenvalue weighted by Gasteiger charge is -2.39. The van der Waals surface area contributed by atoms with Crippen molar-refractivity contribution in [1.82, 2.24) is 25.0 Å². The summed E-state index contributed by atoms with van der Waals surface area (Å²) in [5.74, 6) is 0.154. The highest BCUT2D eigenvalue weighted by atomic mass is 19.4. The van der Waals surface area contributed by atoms with Crippen LogP contribution in [0.25, 0.3) is 5.69 Å². The molecule has 0 bridgehead atoms. The van der Waals surface area contributed by atoms with Crippen LogP contribution in [0.2, 0.25) is 0 Å². The van der Waals surface area contributed by atoms with Gasteiger partial charge in [-0.05, 0) is 55.6 Å². The zero-order chi connectivity index (χ0) is 24.5. The van der Waals surface area contributed by atoms with E-state index in [1.807, 2.05) is 45.0 Å². The number of hydrogen-bond donors (Lipinski definition) is 2. The molecule has 0 amide bonds. The zero-order valence-electron chi connectivity index (χ0n) is 19.5. The van der Waals surface area contributed by atoms with E-state index in [9.17, 15) is 18.3 Å². The highest BCUT2D eigenvalue weighted by Gasteiger charge is 2.39. The molecule has 0 aliphatic heterocycles. The lowest BCUT2D eigenvalue weighted by Crippen LogP contribution is -2.37. The number of aliphatic hydroxyl groups is 1. The number of nitrogens with one attached hydrogen (secondary N) is 1. The van der Waals surface area contributed by atoms with Crippen LogP contribution in [0.1, 0.15) is 55.6 Å². The Morgan fingerprint density at radius 2 is 1.94 bits per heavy atom. The Kier molecular flexibility index (Phi) is 6.62. The summed E-state index contributed by atoms with van der Waals surface area (Å²) in [6, 6.07) is 7.57. The summed E-state index contributed by atoms with van der Waals surface area (Å²) >= 11 is 0. The Hall–Kier alpha value is -3.01. The van der Waals surface area contributed by atoms with Gasteiger partial charge in [0.05, 0.1) is 34.9 Å². The number of para-hydroxylation sites is 1. The average Bonchev–Trinajstić information content (AvgIpc) is 3.20. The normalized spacial score (nSPS) is 20.3. The molecule has 2 atom stereocenters. The van der Waals surface area contributed by atoms with Crippen molar-refractivity contribution in [2.75, 3.05) is 5.32 Å². The highest BCUT2D eigenvalue weighted by molar-refractivity contribution is 5.43. The van der Waals surface area contributed by atoms with Gasteiger partial charge in [0.25, 0.3) is 0 Å². The number of aryl methyl sites for hydroxylation is 1. The summed E-state index contributed by atoms with van der Waals surface area (Å²) in [7, 11) is 0. The third kappa shape index (κ3) is 5.22. The van der Waals surface area contributed by atoms with Crippen LogP contribution in [0.15, 0.2) is 36.7 Å². The van der Waals surface area contributed by atoms with Gasteiger partial charge in [-0.25, -0.2) is 14.6 Å². The summed E-state index contributed by atoms with van der Waals surface area (Å²) in [4.78, 5) is 8.23. The predicted octanol–water partition coefficient (Wildman–Crippen LogP) is 4.73. The van der Waals surface area contributed by atoms with E-state index >= 15 is 0 Å². The second-order valence-corrected chi connectivity index (χ2v) is 9.68. The van der Waals surface area contributed by atoms with Crippen LogP contribution < -0.4 is 5.32 Å². The van der Waals surface area contributed by atoms with Crippen LogP contribution >= 0.6 is 0 Å². The molecule has 0 spiro atoms. The molecule has 3 aromatic rings. The van der Waals surface area contributed by atoms with E-state index in [2.05, 4.69) is 25.6 Å². The van der Waals surface area contributed by atoms with E-state index in [-0.39, 0.29) is 29.4 Å². The fourth-order valence-corrected chi connectivity index (χ4v) is 4.67. The van der Waals surface area contributed by atoms with Gasteiger partial charge in [-0.3, -0.25) is 0 Å². The van der Waals surface area contributed by atoms with Gasteiger partial charge >= 0.3 is 6.18 Å². The quantitative estimate of drug-likeness (QED) is 0.537. The molecule has 0 radical (unpaired) electrons. The first-order chi connectivity index (χ1) is 16.0. The Morgan fingerprint density at radius 3 is 2.62 bits per heavy atom. The van der Waals surface area contributed by atoms with Crippen LogP contribution in [-0.2, 0) is 19.1 Å². The summed E-state index contributed by atoms with van der Waals surface area (Å²) in [5.41, 5.74) is 1.41. The first-order valence-corrected chi connectivity index (χ1v) is 11.4. The van der Waals surface area contributed by atoms with Crippen molar-refractivity contribution in [3.05, 3.63) is 59.2 Å². The lowest BCUT2D eigenvalue weighted by atomic mass is 9.69. The van der Waals surface area contributed by atoms with E-state index in [4.69, 9.17) is 0 Å². The number of anilines is 1. The van der Waals surface area contributed by atoms with E-state index < -0.39 is 17.8 Å². The molecule has 1 aliphatic carbocycles. The Morgan fingerprint density at radius 1 is 1.18 bits per heavy atom. The molecule has 2 aromatic heterocycles. The minimum absolute atomic E-state index is 0.0115. The fourth-order valence-electron chi connectivity index (χ4n) is 4.67. The molecule has 1 aromatic carbocycles. The minimum atomic E-state index is -4.53. The zero-order valence-corrected chi connectivity index (χ0v) is 19.5. The molecule has 1 fully saturated rings. The number of alkyl halides is 3. The van der Waals surface area contributed by atoms with Crippen molar-refractivity contribution in [2.45, 2.75) is 65.3 Å². The summed E-state index contributed by atoms with van der Waals surface area (Å²) in [5, 5.41) is 21.3. The molecular formula is C24H29F3N6O. The Bertz CT molecular complexity index is 1140. The molecule has 10 heteroatoms. The molecule has 7 nitrogen and oxygen atoms in total. The van der Waals surface area contributed by atoms with Crippen molar-refractivity contribution in [3.8, 4) is 5.69 Å². The SMILES string of the molecule is Cc1cnnn1-c1ccccc1CNc1ncc(C(F)(F)F)c(C[C@@H]2CC[C@H](O)C(C)(C)C2)n1. The maximum atomic E-state index is 13.7. The molecule has 2 heterocycles. The van der Waals surface area contributed by atoms with Gasteiger partial charge in [0.1, 0.15) is 0 Å². The van der Waals surface area contributed by atoms with Gasteiger partial charge < -0.3 is 10.4 Å². The molecule has 34 heavy (non-hydrogen) atoms. The number of benzene rings is 1. The van der Waals surface area contributed by atoms with E-state index in [1.54, 1.807) is 10.9 Å². The minimum Gasteiger partial charge on any atom is -0.393 e. The Balaban J connectivity index is 1.56. The molecule has 4 rings (SSSR count). The van der Waals surface area contributed by atoms with Gasteiger partial charge in [0.2, 0.25) is 5.95 Å². The van der Waals surface area contributed by atoms with Crippen LogP contribution in [0.3, 0.4) is 0 Å². The monoisotopic (exact) mass is 474 g/mol. The van der Waals surface area contributed by atoms with Crippen LogP contribution in [-0.4, -0.2) is 36.2 Å². The van der Waals surface area contributed by atoms with Crippen LogP contribution in [0.4, 0.5) is 19.1 Å². The van der Waals surface area contributed by atoms with Crippen LogP contribution in [0, 0.1) is 18.3 Å². The second kappa shape index (κ2) is 9.32. The standard InChI is InChI=1S/C24H29F3N6O/c1-15-12-30-32-33(15)20-7-5-4-6-17(20)13-28-22-29-14-18(24(25,26)27)19(31-22)10-16-8-9-21(34)23(2,3)11-16/h4-7,12,14,16,21,34H,8-11,13H2,1-3H3,(H,28,29,31)/t16-,21-/m0/s1. The largest absolute Gasteiger partial charge is 0.419 e. The van der Waals surface area contributed by atoms with Gasteiger partial charge in [-0.15, -0.1) is 5.10 Å². The first-order valence-electron chi connectivity index (χ1n) is 11.4. The fraction of sp³-hybridized carbons (Fsp3) is 0.500. The van der Waals surface area contributed by atoms with Crippen molar-refractivity contribution in [2.24, 2.45) is 11.3 Å². The smallest absolute Gasteiger partial charge is 0.393 e. The molecule has 1 aliphatic rings. The average molecular weight is 475 g/mol.